The number of methoxy groups -OCH3 is 2. The molecule has 5 heteroatoms. The molecule has 0 bridgehead atoms. The predicted molar refractivity (Wildman–Crippen MR) is 136 cm³/mol. The van der Waals surface area contributed by atoms with Crippen molar-refractivity contribution in [2.75, 3.05) is 50.2 Å². The molecule has 4 rings (SSSR count). The maximum atomic E-state index is 5.67. The van der Waals surface area contributed by atoms with Gasteiger partial charge < -0.3 is 19.3 Å². The van der Waals surface area contributed by atoms with Crippen LogP contribution >= 0.6 is 0 Å². The lowest BCUT2D eigenvalue weighted by atomic mass is 9.74. The zero-order valence-corrected chi connectivity index (χ0v) is 20.0. The third-order valence-electron chi connectivity index (χ3n) is 6.94. The van der Waals surface area contributed by atoms with Gasteiger partial charge in [-0.15, -0.1) is 0 Å². The molecule has 0 spiro atoms. The number of para-hydroxylation sites is 2. The average molecular weight is 446 g/mol. The highest BCUT2D eigenvalue weighted by atomic mass is 16.5. The minimum Gasteiger partial charge on any atom is -0.497 e. The number of hydrogen-bond donors (Lipinski definition) is 0. The van der Waals surface area contributed by atoms with E-state index in [4.69, 9.17) is 9.47 Å². The largest absolute Gasteiger partial charge is 0.497 e. The fraction of sp³-hybridized carbons (Fsp3) is 0.393. The van der Waals surface area contributed by atoms with E-state index in [9.17, 15) is 0 Å². The van der Waals surface area contributed by atoms with Crippen molar-refractivity contribution >= 4 is 11.4 Å². The summed E-state index contributed by atoms with van der Waals surface area (Å²) in [6.45, 7) is 6.10. The lowest BCUT2D eigenvalue weighted by Gasteiger charge is -2.39. The molecule has 1 aromatic heterocycles. The van der Waals surface area contributed by atoms with Crippen molar-refractivity contribution in [1.29, 1.82) is 0 Å². The summed E-state index contributed by atoms with van der Waals surface area (Å²) < 4.78 is 11.3. The molecule has 2 aromatic carbocycles. The molecule has 174 valence electrons. The van der Waals surface area contributed by atoms with E-state index in [1.54, 1.807) is 14.2 Å². The van der Waals surface area contributed by atoms with Gasteiger partial charge in [-0.1, -0.05) is 24.3 Å². The van der Waals surface area contributed by atoms with Gasteiger partial charge in [0.15, 0.2) is 0 Å². The van der Waals surface area contributed by atoms with Gasteiger partial charge in [0.1, 0.15) is 11.5 Å². The molecule has 0 aliphatic carbocycles. The fourth-order valence-electron chi connectivity index (χ4n) is 5.11. The van der Waals surface area contributed by atoms with Gasteiger partial charge in [-0.05, 0) is 68.1 Å². The predicted octanol–water partition coefficient (Wildman–Crippen LogP) is 5.55. The number of rotatable bonds is 8. The SMILES string of the molecule is CCN(CC1(c2cccc(OC)c2)CCCN(c2ccccc2OC)CC1)c1cccnc1. The van der Waals surface area contributed by atoms with E-state index >= 15 is 0 Å². The van der Waals surface area contributed by atoms with Crippen LogP contribution < -0.4 is 19.3 Å². The highest BCUT2D eigenvalue weighted by molar-refractivity contribution is 5.58. The topological polar surface area (TPSA) is 37.8 Å². The summed E-state index contributed by atoms with van der Waals surface area (Å²) in [5.74, 6) is 1.86. The van der Waals surface area contributed by atoms with E-state index in [1.807, 2.05) is 30.6 Å². The fourth-order valence-corrected chi connectivity index (χ4v) is 5.11. The first kappa shape index (κ1) is 23.0. The molecule has 0 amide bonds. The minimum absolute atomic E-state index is 0.0111. The lowest BCUT2D eigenvalue weighted by molar-refractivity contribution is 0.374. The van der Waals surface area contributed by atoms with Crippen LogP contribution in [0.25, 0.3) is 0 Å². The van der Waals surface area contributed by atoms with Crippen LogP contribution in [0, 0.1) is 0 Å². The maximum absolute atomic E-state index is 5.67. The summed E-state index contributed by atoms with van der Waals surface area (Å²) in [6, 6.07) is 21.2. The van der Waals surface area contributed by atoms with Gasteiger partial charge in [0, 0.05) is 37.8 Å². The second-order valence-electron chi connectivity index (χ2n) is 8.75. The minimum atomic E-state index is 0.0111. The molecule has 0 radical (unpaired) electrons. The van der Waals surface area contributed by atoms with Crippen molar-refractivity contribution in [3.8, 4) is 11.5 Å². The summed E-state index contributed by atoms with van der Waals surface area (Å²) >= 11 is 0. The quantitative estimate of drug-likeness (QED) is 0.454. The first-order valence-corrected chi connectivity index (χ1v) is 11.9. The molecule has 1 fully saturated rings. The Bertz CT molecular complexity index is 1030. The second-order valence-corrected chi connectivity index (χ2v) is 8.75. The van der Waals surface area contributed by atoms with Gasteiger partial charge in [0.25, 0.3) is 0 Å². The van der Waals surface area contributed by atoms with Gasteiger partial charge in [-0.25, -0.2) is 0 Å². The molecule has 1 unspecified atom stereocenters. The molecule has 1 aliphatic heterocycles. The number of pyridine rings is 1. The van der Waals surface area contributed by atoms with Crippen molar-refractivity contribution in [3.63, 3.8) is 0 Å². The third-order valence-corrected chi connectivity index (χ3v) is 6.94. The average Bonchev–Trinajstić information content (AvgIpc) is 3.11. The second kappa shape index (κ2) is 10.6. The van der Waals surface area contributed by atoms with Crippen molar-refractivity contribution in [1.82, 2.24) is 4.98 Å². The zero-order chi connectivity index (χ0) is 23.1. The summed E-state index contributed by atoms with van der Waals surface area (Å²) in [7, 11) is 3.50. The Balaban J connectivity index is 1.68. The third kappa shape index (κ3) is 5.08. The molecular weight excluding hydrogens is 410 g/mol. The molecule has 1 atom stereocenters. The summed E-state index contributed by atoms with van der Waals surface area (Å²) in [6.07, 6.45) is 7.09. The Kier molecular flexibility index (Phi) is 7.38. The van der Waals surface area contributed by atoms with Gasteiger partial charge in [0.05, 0.1) is 31.8 Å². The molecule has 3 aromatic rings. The Morgan fingerprint density at radius 1 is 0.970 bits per heavy atom. The van der Waals surface area contributed by atoms with Crippen molar-refractivity contribution < 1.29 is 9.47 Å². The van der Waals surface area contributed by atoms with Crippen LogP contribution in [0.1, 0.15) is 31.7 Å². The summed E-state index contributed by atoms with van der Waals surface area (Å²) in [5, 5.41) is 0. The first-order valence-electron chi connectivity index (χ1n) is 11.9. The number of nitrogens with zero attached hydrogens (tertiary/aromatic N) is 3. The molecule has 0 N–H and O–H groups in total. The molecule has 0 saturated carbocycles. The number of hydrogen-bond acceptors (Lipinski definition) is 5. The van der Waals surface area contributed by atoms with Crippen molar-refractivity contribution in [2.45, 2.75) is 31.6 Å². The monoisotopic (exact) mass is 445 g/mol. The van der Waals surface area contributed by atoms with Crippen LogP contribution in [0.5, 0.6) is 11.5 Å². The highest BCUT2D eigenvalue weighted by Gasteiger charge is 2.37. The van der Waals surface area contributed by atoms with E-state index in [0.29, 0.717) is 0 Å². The van der Waals surface area contributed by atoms with Gasteiger partial charge in [0.2, 0.25) is 0 Å². The van der Waals surface area contributed by atoms with Crippen molar-refractivity contribution in [2.24, 2.45) is 0 Å². The Morgan fingerprint density at radius 3 is 2.61 bits per heavy atom. The number of anilines is 2. The zero-order valence-electron chi connectivity index (χ0n) is 20.0. The Morgan fingerprint density at radius 2 is 1.85 bits per heavy atom. The highest BCUT2D eigenvalue weighted by Crippen LogP contribution is 2.40. The number of aromatic nitrogens is 1. The number of likely N-dealkylation sites (N-methyl/N-ethyl adjacent to an activating group) is 1. The number of benzene rings is 2. The van der Waals surface area contributed by atoms with E-state index in [-0.39, 0.29) is 5.41 Å². The van der Waals surface area contributed by atoms with Crippen molar-refractivity contribution in [3.05, 3.63) is 78.6 Å². The molecular formula is C28H35N3O2. The molecule has 1 saturated heterocycles. The molecule has 2 heterocycles. The molecule has 1 aliphatic rings. The van der Waals surface area contributed by atoms with E-state index in [2.05, 4.69) is 64.2 Å². The lowest BCUT2D eigenvalue weighted by Crippen LogP contribution is -2.42. The van der Waals surface area contributed by atoms with Crippen LogP contribution in [0.15, 0.2) is 73.1 Å². The van der Waals surface area contributed by atoms with Crippen LogP contribution in [0.2, 0.25) is 0 Å². The summed E-state index contributed by atoms with van der Waals surface area (Å²) in [4.78, 5) is 9.33. The van der Waals surface area contributed by atoms with E-state index < -0.39 is 0 Å². The van der Waals surface area contributed by atoms with Crippen LogP contribution in [-0.2, 0) is 5.41 Å². The maximum Gasteiger partial charge on any atom is 0.142 e. The smallest absolute Gasteiger partial charge is 0.142 e. The number of ether oxygens (including phenoxy) is 2. The van der Waals surface area contributed by atoms with Gasteiger partial charge >= 0.3 is 0 Å². The van der Waals surface area contributed by atoms with Gasteiger partial charge in [-0.3, -0.25) is 4.98 Å². The van der Waals surface area contributed by atoms with E-state index in [0.717, 1.165) is 56.9 Å². The van der Waals surface area contributed by atoms with E-state index in [1.165, 1.54) is 16.9 Å². The van der Waals surface area contributed by atoms with Gasteiger partial charge in [-0.2, -0.15) is 0 Å². The Labute approximate surface area is 198 Å². The summed E-state index contributed by atoms with van der Waals surface area (Å²) in [5.41, 5.74) is 3.72. The van der Waals surface area contributed by atoms with Crippen LogP contribution in [0.4, 0.5) is 11.4 Å². The van der Waals surface area contributed by atoms with Crippen LogP contribution in [-0.4, -0.2) is 45.4 Å². The Hall–Kier alpha value is -3.21. The van der Waals surface area contributed by atoms with Crippen LogP contribution in [0.3, 0.4) is 0 Å². The first-order chi connectivity index (χ1) is 16.2. The normalized spacial score (nSPS) is 18.5. The standard InChI is InChI=1S/C28H35N3O2/c1-4-30(24-11-8-17-29-21-24)22-28(23-10-7-12-25(20-23)32-2)15-9-18-31(19-16-28)26-13-5-6-14-27(26)33-3/h5-8,10-14,17,20-21H,4,9,15-16,18-19,22H2,1-3H3. The molecule has 33 heavy (non-hydrogen) atoms. The molecule has 5 nitrogen and oxygen atoms in total.